The van der Waals surface area contributed by atoms with Crippen molar-refractivity contribution in [2.75, 3.05) is 23.3 Å². The Hall–Kier alpha value is -2.41. The lowest BCUT2D eigenvalue weighted by molar-refractivity contribution is -0.116. The number of para-hydroxylation sites is 1. The van der Waals surface area contributed by atoms with Crippen LogP contribution in [0.5, 0.6) is 0 Å². The van der Waals surface area contributed by atoms with Crippen molar-refractivity contribution in [3.63, 3.8) is 0 Å². The second kappa shape index (κ2) is 7.45. The summed E-state index contributed by atoms with van der Waals surface area (Å²) >= 11 is 1.31. The summed E-state index contributed by atoms with van der Waals surface area (Å²) in [4.78, 5) is 15.0. The molecule has 1 amide bonds. The topological polar surface area (TPSA) is 57.5 Å². The molecule has 3 heterocycles. The normalized spacial score (nSPS) is 21.9. The fourth-order valence-corrected chi connectivity index (χ4v) is 4.07. The molecule has 1 aromatic heterocycles. The minimum Gasteiger partial charge on any atom is -0.441 e. The van der Waals surface area contributed by atoms with Crippen LogP contribution in [0.4, 0.5) is 16.0 Å². The predicted molar refractivity (Wildman–Crippen MR) is 102 cm³/mol. The largest absolute Gasteiger partial charge is 0.441 e. The second-order valence-corrected chi connectivity index (χ2v) is 7.47. The Morgan fingerprint density at radius 2 is 2.00 bits per heavy atom. The number of nitrogens with zero attached hydrogens (tertiary/aromatic N) is 1. The molecule has 2 aromatic rings. The van der Waals surface area contributed by atoms with Gasteiger partial charge in [-0.3, -0.25) is 4.79 Å². The standard InChI is InChI=1S/C19H20FN3O2S/c20-14-6-2-3-7-15(14)21-19-22-18(24)16(26-19)12-13-8-9-17(25-13)23-10-4-1-5-11-23/h2-3,6-9,12,19,21H,1,4-5,10-11H2,(H,22,24)/b16-12-. The van der Waals surface area contributed by atoms with Gasteiger partial charge in [0.1, 0.15) is 11.6 Å². The highest BCUT2D eigenvalue weighted by atomic mass is 32.2. The molecule has 26 heavy (non-hydrogen) atoms. The van der Waals surface area contributed by atoms with Crippen LogP contribution in [0.3, 0.4) is 0 Å². The smallest absolute Gasteiger partial charge is 0.260 e. The number of hydrogen-bond donors (Lipinski definition) is 2. The van der Waals surface area contributed by atoms with E-state index in [2.05, 4.69) is 15.5 Å². The number of carbonyl (C=O) groups is 1. The number of carbonyl (C=O) groups excluding carboxylic acids is 1. The van der Waals surface area contributed by atoms with E-state index in [1.54, 1.807) is 24.3 Å². The number of anilines is 2. The number of piperidine rings is 1. The number of hydrogen-bond acceptors (Lipinski definition) is 5. The monoisotopic (exact) mass is 373 g/mol. The first-order chi connectivity index (χ1) is 12.7. The molecule has 2 saturated heterocycles. The van der Waals surface area contributed by atoms with E-state index in [1.807, 2.05) is 12.1 Å². The molecule has 2 aliphatic heterocycles. The predicted octanol–water partition coefficient (Wildman–Crippen LogP) is 4.01. The summed E-state index contributed by atoms with van der Waals surface area (Å²) in [6.07, 6.45) is 5.36. The Labute approximate surface area is 155 Å². The summed E-state index contributed by atoms with van der Waals surface area (Å²) in [5, 5.41) is 5.78. The van der Waals surface area contributed by atoms with Crippen LogP contribution < -0.4 is 15.5 Å². The number of furan rings is 1. The molecule has 1 unspecified atom stereocenters. The molecule has 7 heteroatoms. The molecule has 0 bridgehead atoms. The summed E-state index contributed by atoms with van der Waals surface area (Å²) in [7, 11) is 0. The maximum atomic E-state index is 13.7. The number of halogens is 1. The van der Waals surface area contributed by atoms with Crippen molar-refractivity contribution in [3.05, 3.63) is 52.9 Å². The van der Waals surface area contributed by atoms with Gasteiger partial charge in [-0.1, -0.05) is 23.9 Å². The van der Waals surface area contributed by atoms with Crippen LogP contribution in [0, 0.1) is 5.82 Å². The van der Waals surface area contributed by atoms with Gasteiger partial charge in [0.2, 0.25) is 0 Å². The molecule has 0 radical (unpaired) electrons. The molecule has 1 atom stereocenters. The number of benzene rings is 1. The molecular weight excluding hydrogens is 353 g/mol. The van der Waals surface area contributed by atoms with Crippen molar-refractivity contribution in [2.24, 2.45) is 0 Å². The van der Waals surface area contributed by atoms with E-state index in [4.69, 9.17) is 4.42 Å². The quantitative estimate of drug-likeness (QED) is 0.793. The van der Waals surface area contributed by atoms with Crippen molar-refractivity contribution in [1.82, 2.24) is 5.32 Å². The van der Waals surface area contributed by atoms with Gasteiger partial charge in [-0.2, -0.15) is 0 Å². The second-order valence-electron chi connectivity index (χ2n) is 6.33. The van der Waals surface area contributed by atoms with Gasteiger partial charge in [0, 0.05) is 25.2 Å². The molecule has 2 fully saturated rings. The highest BCUT2D eigenvalue weighted by Crippen LogP contribution is 2.32. The van der Waals surface area contributed by atoms with Gasteiger partial charge in [0.05, 0.1) is 10.6 Å². The van der Waals surface area contributed by atoms with Crippen molar-refractivity contribution in [1.29, 1.82) is 0 Å². The van der Waals surface area contributed by atoms with Gasteiger partial charge >= 0.3 is 0 Å². The Bertz CT molecular complexity index is 830. The fourth-order valence-electron chi connectivity index (χ4n) is 3.12. The van der Waals surface area contributed by atoms with Gasteiger partial charge in [-0.15, -0.1) is 0 Å². The highest BCUT2D eigenvalue weighted by Gasteiger charge is 2.28. The number of rotatable bonds is 4. The fraction of sp³-hybridized carbons (Fsp3) is 0.316. The molecule has 0 saturated carbocycles. The molecule has 1 aromatic carbocycles. The van der Waals surface area contributed by atoms with E-state index >= 15 is 0 Å². The van der Waals surface area contributed by atoms with Gasteiger partial charge in [-0.05, 0) is 37.5 Å². The van der Waals surface area contributed by atoms with Gasteiger partial charge in [0.25, 0.3) is 5.91 Å². The van der Waals surface area contributed by atoms with E-state index in [-0.39, 0.29) is 11.7 Å². The SMILES string of the molecule is O=C1NC(Nc2ccccc2F)S/C1=C\c1ccc(N2CCCCC2)o1. The van der Waals surface area contributed by atoms with Gasteiger partial charge in [-0.25, -0.2) is 4.39 Å². The van der Waals surface area contributed by atoms with E-state index in [9.17, 15) is 9.18 Å². The van der Waals surface area contributed by atoms with Gasteiger partial charge < -0.3 is 20.0 Å². The minimum atomic E-state index is -0.415. The van der Waals surface area contributed by atoms with Gasteiger partial charge in [0.15, 0.2) is 11.4 Å². The lowest BCUT2D eigenvalue weighted by Crippen LogP contribution is -2.31. The zero-order valence-electron chi connectivity index (χ0n) is 14.2. The molecule has 5 nitrogen and oxygen atoms in total. The van der Waals surface area contributed by atoms with Crippen LogP contribution >= 0.6 is 11.8 Å². The van der Waals surface area contributed by atoms with Crippen LogP contribution in [0.25, 0.3) is 6.08 Å². The third-order valence-corrected chi connectivity index (χ3v) is 5.47. The zero-order valence-corrected chi connectivity index (χ0v) is 15.0. The number of thioether (sulfide) groups is 1. The van der Waals surface area contributed by atoms with Crippen molar-refractivity contribution >= 4 is 35.3 Å². The molecule has 0 aliphatic carbocycles. The van der Waals surface area contributed by atoms with Crippen molar-refractivity contribution in [2.45, 2.75) is 24.8 Å². The van der Waals surface area contributed by atoms with E-state index in [0.717, 1.165) is 19.0 Å². The van der Waals surface area contributed by atoms with Crippen LogP contribution in [0.2, 0.25) is 0 Å². The summed E-state index contributed by atoms with van der Waals surface area (Å²) < 4.78 is 19.6. The third kappa shape index (κ3) is 3.72. The molecule has 0 spiro atoms. The Balaban J connectivity index is 1.44. The first-order valence-electron chi connectivity index (χ1n) is 8.74. The number of amides is 1. The van der Waals surface area contributed by atoms with Crippen LogP contribution in [-0.2, 0) is 4.79 Å². The first kappa shape index (κ1) is 17.0. The number of nitrogens with one attached hydrogen (secondary N) is 2. The third-order valence-electron chi connectivity index (χ3n) is 4.44. The summed E-state index contributed by atoms with van der Waals surface area (Å²) in [6, 6.07) is 10.2. The average molecular weight is 373 g/mol. The minimum absolute atomic E-state index is 0.195. The molecule has 136 valence electrons. The van der Waals surface area contributed by atoms with Crippen molar-refractivity contribution < 1.29 is 13.6 Å². The molecular formula is C19H20FN3O2S. The Morgan fingerprint density at radius 3 is 2.81 bits per heavy atom. The van der Waals surface area contributed by atoms with E-state index in [0.29, 0.717) is 16.4 Å². The highest BCUT2D eigenvalue weighted by molar-refractivity contribution is 8.05. The van der Waals surface area contributed by atoms with Crippen molar-refractivity contribution in [3.8, 4) is 0 Å². The van der Waals surface area contributed by atoms with E-state index < -0.39 is 5.50 Å². The van der Waals surface area contributed by atoms with Crippen LogP contribution in [0.15, 0.2) is 45.7 Å². The summed E-state index contributed by atoms with van der Waals surface area (Å²) in [5.41, 5.74) is -0.0564. The van der Waals surface area contributed by atoms with Crippen LogP contribution in [-0.4, -0.2) is 24.5 Å². The summed E-state index contributed by atoms with van der Waals surface area (Å²) in [6.45, 7) is 2.01. The maximum Gasteiger partial charge on any atom is 0.260 e. The lowest BCUT2D eigenvalue weighted by Gasteiger charge is -2.25. The van der Waals surface area contributed by atoms with E-state index in [1.165, 1.54) is 37.1 Å². The molecule has 2 N–H and O–H groups in total. The molecule has 2 aliphatic rings. The Morgan fingerprint density at radius 1 is 1.19 bits per heavy atom. The summed E-state index contributed by atoms with van der Waals surface area (Å²) in [5.74, 6) is 0.951. The molecule has 4 rings (SSSR count). The lowest BCUT2D eigenvalue weighted by atomic mass is 10.1. The zero-order chi connectivity index (χ0) is 17.9. The van der Waals surface area contributed by atoms with Crippen LogP contribution in [0.1, 0.15) is 25.0 Å². The maximum absolute atomic E-state index is 13.7. The first-order valence-corrected chi connectivity index (χ1v) is 9.62. The Kier molecular flexibility index (Phi) is 4.88. The average Bonchev–Trinajstić information content (AvgIpc) is 3.25.